The van der Waals surface area contributed by atoms with Gasteiger partial charge in [-0.05, 0) is 24.1 Å². The first-order chi connectivity index (χ1) is 7.84. The van der Waals surface area contributed by atoms with Crippen LogP contribution in [0.5, 0.6) is 0 Å². The molecule has 1 rings (SSSR count). The van der Waals surface area contributed by atoms with Gasteiger partial charge in [-0.1, -0.05) is 19.9 Å². The molecule has 0 amide bonds. The van der Waals surface area contributed by atoms with Crippen molar-refractivity contribution in [3.8, 4) is 0 Å². The molecule has 0 atom stereocenters. The highest BCUT2D eigenvalue weighted by Gasteiger charge is 2.16. The highest BCUT2D eigenvalue weighted by atomic mass is 32.2. The van der Waals surface area contributed by atoms with Gasteiger partial charge in [0.15, 0.2) is 0 Å². The zero-order chi connectivity index (χ0) is 13.1. The fourth-order valence-electron chi connectivity index (χ4n) is 1.30. The predicted molar refractivity (Wildman–Crippen MR) is 70.6 cm³/mol. The average Bonchev–Trinajstić information content (AvgIpc) is 2.26. The second-order valence-electron chi connectivity index (χ2n) is 4.59. The molecule has 96 valence electrons. The number of anilines is 1. The Bertz CT molecular complexity index is 467. The van der Waals surface area contributed by atoms with Gasteiger partial charge in [-0.15, -0.1) is 0 Å². The highest BCUT2D eigenvalue weighted by molar-refractivity contribution is 7.89. The van der Waals surface area contributed by atoms with Crippen molar-refractivity contribution >= 4 is 15.7 Å². The first kappa shape index (κ1) is 14.0. The molecule has 1 aromatic carbocycles. The topological polar surface area (TPSA) is 49.4 Å². The summed E-state index contributed by atoms with van der Waals surface area (Å²) >= 11 is 0. The number of benzene rings is 1. The molecule has 0 radical (unpaired) electrons. The van der Waals surface area contributed by atoms with Crippen LogP contribution < -0.4 is 5.32 Å². The normalized spacial score (nSPS) is 12.1. The molecular weight excluding hydrogens is 236 g/mol. The lowest BCUT2D eigenvalue weighted by molar-refractivity contribution is 0.521. The fourth-order valence-corrected chi connectivity index (χ4v) is 2.25. The Balaban J connectivity index is 2.94. The summed E-state index contributed by atoms with van der Waals surface area (Å²) in [7, 11) is -0.282. The minimum absolute atomic E-state index is 0.316. The van der Waals surface area contributed by atoms with Crippen LogP contribution >= 0.6 is 0 Å². The number of nitrogens with zero attached hydrogens (tertiary/aromatic N) is 1. The summed E-state index contributed by atoms with van der Waals surface area (Å²) in [5, 5.41) is 3.21. The largest absolute Gasteiger partial charge is 0.385 e. The zero-order valence-electron chi connectivity index (χ0n) is 10.8. The third-order valence-electron chi connectivity index (χ3n) is 2.33. The summed E-state index contributed by atoms with van der Waals surface area (Å²) in [6.45, 7) is 5.03. The van der Waals surface area contributed by atoms with Crippen LogP contribution in [-0.2, 0) is 10.0 Å². The first-order valence-corrected chi connectivity index (χ1v) is 7.04. The van der Waals surface area contributed by atoms with E-state index in [1.165, 1.54) is 18.4 Å². The average molecular weight is 256 g/mol. The molecule has 0 saturated carbocycles. The molecule has 0 unspecified atom stereocenters. The summed E-state index contributed by atoms with van der Waals surface area (Å²) in [5.41, 5.74) is 0.835. The van der Waals surface area contributed by atoms with Crippen molar-refractivity contribution < 1.29 is 8.42 Å². The number of sulfonamides is 1. The van der Waals surface area contributed by atoms with Crippen molar-refractivity contribution in [3.05, 3.63) is 24.3 Å². The van der Waals surface area contributed by atoms with Gasteiger partial charge in [0.25, 0.3) is 0 Å². The van der Waals surface area contributed by atoms with E-state index in [1.807, 2.05) is 6.07 Å². The molecule has 0 aliphatic carbocycles. The molecule has 5 heteroatoms. The maximum atomic E-state index is 11.9. The Hall–Kier alpha value is -1.07. The van der Waals surface area contributed by atoms with Gasteiger partial charge in [-0.2, -0.15) is 0 Å². The Kier molecular flexibility index (Phi) is 4.54. The highest BCUT2D eigenvalue weighted by Crippen LogP contribution is 2.18. The zero-order valence-corrected chi connectivity index (χ0v) is 11.6. The van der Waals surface area contributed by atoms with Crippen molar-refractivity contribution in [2.75, 3.05) is 26.0 Å². The quantitative estimate of drug-likeness (QED) is 0.876. The van der Waals surface area contributed by atoms with E-state index in [2.05, 4.69) is 19.2 Å². The fraction of sp³-hybridized carbons (Fsp3) is 0.500. The Morgan fingerprint density at radius 1 is 1.29 bits per heavy atom. The number of nitrogens with one attached hydrogen (secondary N) is 1. The van der Waals surface area contributed by atoms with Crippen molar-refractivity contribution in [1.29, 1.82) is 0 Å². The van der Waals surface area contributed by atoms with E-state index >= 15 is 0 Å². The first-order valence-electron chi connectivity index (χ1n) is 5.60. The maximum Gasteiger partial charge on any atom is 0.242 e. The van der Waals surface area contributed by atoms with Gasteiger partial charge in [-0.25, -0.2) is 12.7 Å². The van der Waals surface area contributed by atoms with Gasteiger partial charge < -0.3 is 5.32 Å². The number of hydrogen-bond acceptors (Lipinski definition) is 3. The SMILES string of the molecule is CC(C)CNc1cccc(S(=O)(=O)N(C)C)c1. The smallest absolute Gasteiger partial charge is 0.242 e. The maximum absolute atomic E-state index is 11.9. The van der Waals surface area contributed by atoms with E-state index in [-0.39, 0.29) is 0 Å². The van der Waals surface area contributed by atoms with Gasteiger partial charge in [0.2, 0.25) is 10.0 Å². The summed E-state index contributed by atoms with van der Waals surface area (Å²) in [6.07, 6.45) is 0. The number of rotatable bonds is 5. The lowest BCUT2D eigenvalue weighted by Crippen LogP contribution is -2.22. The van der Waals surface area contributed by atoms with Gasteiger partial charge in [0.05, 0.1) is 4.90 Å². The molecule has 1 aromatic rings. The molecule has 0 spiro atoms. The molecule has 0 heterocycles. The molecule has 17 heavy (non-hydrogen) atoms. The van der Waals surface area contributed by atoms with Crippen LogP contribution in [0.3, 0.4) is 0 Å². The summed E-state index contributed by atoms with van der Waals surface area (Å²) in [5.74, 6) is 0.518. The Morgan fingerprint density at radius 2 is 1.94 bits per heavy atom. The molecule has 4 nitrogen and oxygen atoms in total. The Morgan fingerprint density at radius 3 is 2.47 bits per heavy atom. The van der Waals surface area contributed by atoms with E-state index in [0.717, 1.165) is 12.2 Å². The molecule has 0 aliphatic rings. The van der Waals surface area contributed by atoms with Gasteiger partial charge in [0, 0.05) is 26.3 Å². The second kappa shape index (κ2) is 5.51. The molecule has 0 bridgehead atoms. The molecule has 1 N–H and O–H groups in total. The standard InChI is InChI=1S/C12H20N2O2S/c1-10(2)9-13-11-6-5-7-12(8-11)17(15,16)14(3)4/h5-8,10,13H,9H2,1-4H3. The molecule has 0 aliphatic heterocycles. The van der Waals surface area contributed by atoms with Crippen LogP contribution in [0.1, 0.15) is 13.8 Å². The van der Waals surface area contributed by atoms with Gasteiger partial charge >= 0.3 is 0 Å². The minimum atomic E-state index is -3.34. The predicted octanol–water partition coefficient (Wildman–Crippen LogP) is 2.00. The Labute approximate surface area is 104 Å². The van der Waals surface area contributed by atoms with E-state index in [4.69, 9.17) is 0 Å². The van der Waals surface area contributed by atoms with E-state index in [9.17, 15) is 8.42 Å². The lowest BCUT2D eigenvalue weighted by atomic mass is 10.2. The summed E-state index contributed by atoms with van der Waals surface area (Å²) in [4.78, 5) is 0.316. The van der Waals surface area contributed by atoms with E-state index in [0.29, 0.717) is 10.8 Å². The van der Waals surface area contributed by atoms with E-state index in [1.54, 1.807) is 18.2 Å². The lowest BCUT2D eigenvalue weighted by Gasteiger charge is -2.13. The third-order valence-corrected chi connectivity index (χ3v) is 4.14. The van der Waals surface area contributed by atoms with Crippen molar-refractivity contribution in [1.82, 2.24) is 4.31 Å². The molecular formula is C12H20N2O2S. The molecule has 0 fully saturated rings. The monoisotopic (exact) mass is 256 g/mol. The van der Waals surface area contributed by atoms with Crippen molar-refractivity contribution in [2.45, 2.75) is 18.7 Å². The molecule has 0 aromatic heterocycles. The summed E-state index contributed by atoms with van der Waals surface area (Å²) < 4.78 is 25.1. The van der Waals surface area contributed by atoms with Crippen molar-refractivity contribution in [2.24, 2.45) is 5.92 Å². The van der Waals surface area contributed by atoms with Gasteiger partial charge in [-0.3, -0.25) is 0 Å². The van der Waals surface area contributed by atoms with Crippen LogP contribution in [-0.4, -0.2) is 33.4 Å². The minimum Gasteiger partial charge on any atom is -0.385 e. The van der Waals surface area contributed by atoms with E-state index < -0.39 is 10.0 Å². The van der Waals surface area contributed by atoms with Crippen LogP contribution in [0, 0.1) is 5.92 Å². The van der Waals surface area contributed by atoms with Crippen LogP contribution in [0.2, 0.25) is 0 Å². The summed E-state index contributed by atoms with van der Waals surface area (Å²) in [6, 6.07) is 6.89. The van der Waals surface area contributed by atoms with Crippen LogP contribution in [0.4, 0.5) is 5.69 Å². The van der Waals surface area contributed by atoms with Gasteiger partial charge in [0.1, 0.15) is 0 Å². The van der Waals surface area contributed by atoms with Crippen LogP contribution in [0.15, 0.2) is 29.2 Å². The molecule has 0 saturated heterocycles. The van der Waals surface area contributed by atoms with Crippen molar-refractivity contribution in [3.63, 3.8) is 0 Å². The van der Waals surface area contributed by atoms with Crippen LogP contribution in [0.25, 0.3) is 0 Å². The second-order valence-corrected chi connectivity index (χ2v) is 6.74. The third kappa shape index (κ3) is 3.71. The number of hydrogen-bond donors (Lipinski definition) is 1.